The number of carbonyl (C=O) groups is 1. The third-order valence-electron chi connectivity index (χ3n) is 5.89. The Labute approximate surface area is 202 Å². The van der Waals surface area contributed by atoms with Gasteiger partial charge >= 0.3 is 0 Å². The third kappa shape index (κ3) is 6.53. The first kappa shape index (κ1) is 26.1. The molecule has 0 saturated carbocycles. The van der Waals surface area contributed by atoms with Crippen LogP contribution in [0.2, 0.25) is 0 Å². The van der Waals surface area contributed by atoms with Gasteiger partial charge in [-0.3, -0.25) is 4.79 Å². The second-order valence-corrected chi connectivity index (χ2v) is 12.3. The minimum atomic E-state index is -3.74. The van der Waals surface area contributed by atoms with E-state index in [2.05, 4.69) is 30.5 Å². The van der Waals surface area contributed by atoms with E-state index in [0.717, 1.165) is 11.0 Å². The zero-order chi connectivity index (χ0) is 24.9. The Hall–Kier alpha value is -2.53. The number of hydrogen-bond donors (Lipinski definition) is 2. The van der Waals surface area contributed by atoms with Crippen LogP contribution in [-0.4, -0.2) is 46.7 Å². The number of sulfonamides is 2. The molecule has 2 N–H and O–H groups in total. The Morgan fingerprint density at radius 1 is 1.09 bits per heavy atom. The lowest BCUT2D eigenvalue weighted by Crippen LogP contribution is -2.32. The summed E-state index contributed by atoms with van der Waals surface area (Å²) in [5, 5.41) is 3.68. The van der Waals surface area contributed by atoms with Gasteiger partial charge in [-0.2, -0.15) is 4.31 Å². The van der Waals surface area contributed by atoms with Gasteiger partial charge in [-0.1, -0.05) is 44.7 Å². The molecule has 0 radical (unpaired) electrons. The van der Waals surface area contributed by atoms with E-state index in [4.69, 9.17) is 0 Å². The first-order chi connectivity index (χ1) is 16.0. The lowest BCUT2D eigenvalue weighted by Gasteiger charge is -2.17. The molecule has 34 heavy (non-hydrogen) atoms. The van der Waals surface area contributed by atoms with Gasteiger partial charge in [-0.05, 0) is 53.6 Å². The highest BCUT2D eigenvalue weighted by Gasteiger charge is 2.32. The van der Waals surface area contributed by atoms with Crippen LogP contribution in [0.3, 0.4) is 0 Å². The van der Waals surface area contributed by atoms with Crippen LogP contribution in [0.4, 0.5) is 0 Å². The zero-order valence-corrected chi connectivity index (χ0v) is 21.0. The van der Waals surface area contributed by atoms with Gasteiger partial charge in [-0.15, -0.1) is 0 Å². The van der Waals surface area contributed by atoms with E-state index in [1.807, 2.05) is 24.3 Å². The molecule has 1 saturated heterocycles. The smallest absolute Gasteiger partial charge is 0.251 e. The summed E-state index contributed by atoms with van der Waals surface area (Å²) in [7, 11) is -7.28. The fraction of sp³-hybridized carbons (Fsp3) is 0.375. The first-order valence-corrected chi connectivity index (χ1v) is 14.1. The maximum Gasteiger partial charge on any atom is 0.251 e. The molecular formula is C24H31N3O5S2. The van der Waals surface area contributed by atoms with Gasteiger partial charge in [0.15, 0.2) is 0 Å². The molecule has 3 rings (SSSR count). The third-order valence-corrected chi connectivity index (χ3v) is 8.78. The van der Waals surface area contributed by atoms with Gasteiger partial charge in [0.1, 0.15) is 0 Å². The van der Waals surface area contributed by atoms with Gasteiger partial charge in [0.2, 0.25) is 20.0 Å². The van der Waals surface area contributed by atoms with Crippen LogP contribution in [0, 0.1) is 5.92 Å². The summed E-state index contributed by atoms with van der Waals surface area (Å²) in [6, 6.07) is 13.9. The fourth-order valence-electron chi connectivity index (χ4n) is 3.71. The van der Waals surface area contributed by atoms with Crippen molar-refractivity contribution >= 4 is 26.0 Å². The first-order valence-electron chi connectivity index (χ1n) is 11.1. The highest BCUT2D eigenvalue weighted by Crippen LogP contribution is 2.24. The van der Waals surface area contributed by atoms with E-state index < -0.39 is 20.0 Å². The Bertz CT molecular complexity index is 1220. The summed E-state index contributed by atoms with van der Waals surface area (Å²) in [6.07, 6.45) is 0.553. The van der Waals surface area contributed by atoms with Crippen LogP contribution in [0.15, 0.2) is 65.4 Å². The van der Waals surface area contributed by atoms with E-state index in [0.29, 0.717) is 31.0 Å². The number of rotatable bonds is 10. The summed E-state index contributed by atoms with van der Waals surface area (Å²) in [4.78, 5) is 12.6. The van der Waals surface area contributed by atoms with Crippen LogP contribution in [0.25, 0.3) is 0 Å². The zero-order valence-electron chi connectivity index (χ0n) is 19.4. The van der Waals surface area contributed by atoms with E-state index in [-0.39, 0.29) is 29.8 Å². The Balaban J connectivity index is 1.57. The maximum absolute atomic E-state index is 13.0. The normalized spacial score (nSPS) is 17.1. The molecule has 0 spiro atoms. The van der Waals surface area contributed by atoms with Gasteiger partial charge in [0.05, 0.1) is 4.90 Å². The van der Waals surface area contributed by atoms with Crippen LogP contribution in [0.5, 0.6) is 0 Å². The monoisotopic (exact) mass is 505 g/mol. The molecule has 0 bridgehead atoms. The average Bonchev–Trinajstić information content (AvgIpc) is 3.32. The highest BCUT2D eigenvalue weighted by atomic mass is 32.2. The number of nitrogens with one attached hydrogen (secondary N) is 2. The lowest BCUT2D eigenvalue weighted by molar-refractivity contribution is 0.0950. The molecule has 1 heterocycles. The van der Waals surface area contributed by atoms with Crippen molar-refractivity contribution in [3.8, 4) is 0 Å². The molecule has 2 aromatic carbocycles. The van der Waals surface area contributed by atoms with Gasteiger partial charge in [0.25, 0.3) is 5.91 Å². The topological polar surface area (TPSA) is 113 Å². The van der Waals surface area contributed by atoms with Crippen molar-refractivity contribution < 1.29 is 21.6 Å². The van der Waals surface area contributed by atoms with Crippen LogP contribution < -0.4 is 10.0 Å². The molecule has 8 nitrogen and oxygen atoms in total. The Kier molecular flexibility index (Phi) is 8.29. The highest BCUT2D eigenvalue weighted by molar-refractivity contribution is 7.92. The second-order valence-electron chi connectivity index (χ2n) is 8.68. The molecule has 0 aliphatic carbocycles. The molecule has 2 aromatic rings. The summed E-state index contributed by atoms with van der Waals surface area (Å²) in [5.41, 5.74) is 2.58. The van der Waals surface area contributed by atoms with E-state index in [9.17, 15) is 21.6 Å². The molecule has 1 aliphatic rings. The number of carbonyl (C=O) groups excluding carboxylic acids is 1. The molecule has 0 aromatic heterocycles. The lowest BCUT2D eigenvalue weighted by atomic mass is 10.0. The van der Waals surface area contributed by atoms with Crippen LogP contribution >= 0.6 is 0 Å². The summed E-state index contributed by atoms with van der Waals surface area (Å²) < 4.78 is 52.7. The summed E-state index contributed by atoms with van der Waals surface area (Å²) in [6.45, 7) is 8.54. The maximum atomic E-state index is 13.0. The Morgan fingerprint density at radius 3 is 2.32 bits per heavy atom. The van der Waals surface area contributed by atoms with Crippen LogP contribution in [0.1, 0.15) is 47.7 Å². The van der Waals surface area contributed by atoms with E-state index >= 15 is 0 Å². The fourth-order valence-corrected chi connectivity index (χ4v) is 5.82. The minimum Gasteiger partial charge on any atom is -0.348 e. The molecular weight excluding hydrogens is 474 g/mol. The molecule has 1 unspecified atom stereocenters. The Morgan fingerprint density at radius 2 is 1.74 bits per heavy atom. The average molecular weight is 506 g/mol. The summed E-state index contributed by atoms with van der Waals surface area (Å²) in [5.74, 6) is 0.0340. The van der Waals surface area contributed by atoms with Crippen molar-refractivity contribution in [3.05, 3.63) is 77.2 Å². The molecule has 1 fully saturated rings. The quantitative estimate of drug-likeness (QED) is 0.516. The van der Waals surface area contributed by atoms with Gasteiger partial charge in [-0.25, -0.2) is 21.6 Å². The number of nitrogens with zero attached hydrogens (tertiary/aromatic N) is 1. The van der Waals surface area contributed by atoms with E-state index in [1.165, 1.54) is 34.1 Å². The molecule has 10 heteroatoms. The van der Waals surface area contributed by atoms with Crippen molar-refractivity contribution in [1.82, 2.24) is 14.3 Å². The number of hydrogen-bond acceptors (Lipinski definition) is 5. The molecule has 1 atom stereocenters. The second kappa shape index (κ2) is 10.8. The van der Waals surface area contributed by atoms with Crippen molar-refractivity contribution in [2.24, 2.45) is 5.92 Å². The molecule has 184 valence electrons. The van der Waals surface area contributed by atoms with Crippen molar-refractivity contribution in [2.75, 3.05) is 19.6 Å². The molecule has 1 amide bonds. The van der Waals surface area contributed by atoms with E-state index in [1.54, 1.807) is 0 Å². The predicted octanol–water partition coefficient (Wildman–Crippen LogP) is 2.81. The van der Waals surface area contributed by atoms with Crippen molar-refractivity contribution in [1.29, 1.82) is 0 Å². The number of amides is 1. The van der Waals surface area contributed by atoms with Crippen LogP contribution in [-0.2, 0) is 26.6 Å². The van der Waals surface area contributed by atoms with Gasteiger partial charge < -0.3 is 5.32 Å². The summed E-state index contributed by atoms with van der Waals surface area (Å²) >= 11 is 0. The number of benzene rings is 2. The van der Waals surface area contributed by atoms with Crippen molar-refractivity contribution in [3.63, 3.8) is 0 Å². The predicted molar refractivity (Wildman–Crippen MR) is 132 cm³/mol. The largest absolute Gasteiger partial charge is 0.348 e. The SMILES string of the molecule is C=CS(=O)(=O)NCC1CCN(S(=O)(=O)c2ccc(C(=O)NCc3ccc(C(C)C)cc3)cc2)C1. The van der Waals surface area contributed by atoms with Gasteiger partial charge in [0, 0.05) is 37.2 Å². The molecule has 1 aliphatic heterocycles. The van der Waals surface area contributed by atoms with Crippen molar-refractivity contribution in [2.45, 2.75) is 37.6 Å². The standard InChI is InChI=1S/C24H31N3O5S2/c1-4-33(29,30)26-16-20-13-14-27(17-20)34(31,32)23-11-9-22(10-12-23)24(28)25-15-19-5-7-21(8-6-19)18(2)3/h4-12,18,20,26H,1,13-17H2,2-3H3,(H,25,28). The minimum absolute atomic E-state index is 0.0978.